The molecule has 0 amide bonds. The molecule has 0 unspecified atom stereocenters. The number of aryl methyl sites for hydroxylation is 1. The molecule has 3 heteroatoms. The number of aromatic nitrogens is 1. The average Bonchev–Trinajstić information content (AvgIpc) is 2.02. The molecule has 0 saturated carbocycles. The van der Waals surface area contributed by atoms with E-state index < -0.39 is 0 Å². The lowest BCUT2D eigenvalue weighted by Gasteiger charge is -2.01. The third kappa shape index (κ3) is 1.52. The quantitative estimate of drug-likeness (QED) is 0.751. The fourth-order valence-electron chi connectivity index (χ4n) is 1.42. The molecule has 0 fully saturated rings. The zero-order valence-electron chi connectivity index (χ0n) is 7.10. The number of nitrogens with one attached hydrogen (secondary N) is 1. The van der Waals surface area contributed by atoms with Gasteiger partial charge >= 0.3 is 0 Å². The second-order valence-corrected chi connectivity index (χ2v) is 3.94. The van der Waals surface area contributed by atoms with Gasteiger partial charge < -0.3 is 4.98 Å². The van der Waals surface area contributed by atoms with E-state index >= 15 is 0 Å². The highest BCUT2D eigenvalue weighted by Crippen LogP contribution is 2.21. The Morgan fingerprint density at radius 1 is 1.31 bits per heavy atom. The van der Waals surface area contributed by atoms with Gasteiger partial charge in [-0.25, -0.2) is 0 Å². The SMILES string of the molecule is Cc1cc(Br)cc2cc(=O)[nH]cc12. The molecule has 2 rings (SSSR count). The highest BCUT2D eigenvalue weighted by Gasteiger charge is 1.99. The van der Waals surface area contributed by atoms with Crippen molar-refractivity contribution >= 4 is 26.7 Å². The summed E-state index contributed by atoms with van der Waals surface area (Å²) in [6, 6.07) is 5.57. The molecule has 0 aliphatic rings. The zero-order chi connectivity index (χ0) is 9.42. The van der Waals surface area contributed by atoms with Crippen LogP contribution in [0.3, 0.4) is 0 Å². The summed E-state index contributed by atoms with van der Waals surface area (Å²) in [7, 11) is 0. The van der Waals surface area contributed by atoms with Gasteiger partial charge in [-0.1, -0.05) is 15.9 Å². The maximum atomic E-state index is 11.0. The Bertz CT molecular complexity index is 516. The van der Waals surface area contributed by atoms with Crippen LogP contribution < -0.4 is 5.56 Å². The van der Waals surface area contributed by atoms with Crippen molar-refractivity contribution in [2.24, 2.45) is 0 Å². The number of aromatic amines is 1. The Labute approximate surface area is 83.7 Å². The van der Waals surface area contributed by atoms with Crippen molar-refractivity contribution in [2.45, 2.75) is 6.92 Å². The van der Waals surface area contributed by atoms with Gasteiger partial charge in [0, 0.05) is 22.1 Å². The fourth-order valence-corrected chi connectivity index (χ4v) is 2.01. The van der Waals surface area contributed by atoms with E-state index in [0.29, 0.717) is 0 Å². The zero-order valence-corrected chi connectivity index (χ0v) is 8.68. The van der Waals surface area contributed by atoms with Gasteiger partial charge in [0.25, 0.3) is 0 Å². The maximum absolute atomic E-state index is 11.0. The fraction of sp³-hybridized carbons (Fsp3) is 0.100. The standard InChI is InChI=1S/C10H8BrNO/c1-6-2-8(11)3-7-4-10(13)12-5-9(6)7/h2-5H,1H3,(H,12,13). The third-order valence-electron chi connectivity index (χ3n) is 2.03. The van der Waals surface area contributed by atoms with Crippen molar-refractivity contribution < 1.29 is 0 Å². The monoisotopic (exact) mass is 237 g/mol. The van der Waals surface area contributed by atoms with Crippen molar-refractivity contribution in [3.63, 3.8) is 0 Å². The van der Waals surface area contributed by atoms with E-state index in [-0.39, 0.29) is 5.56 Å². The van der Waals surface area contributed by atoms with Gasteiger partial charge in [0.05, 0.1) is 0 Å². The molecule has 2 nitrogen and oxygen atoms in total. The molecule has 0 spiro atoms. The molecule has 1 heterocycles. The van der Waals surface area contributed by atoms with E-state index in [4.69, 9.17) is 0 Å². The van der Waals surface area contributed by atoms with E-state index in [1.165, 1.54) is 0 Å². The number of rotatable bonds is 0. The lowest BCUT2D eigenvalue weighted by molar-refractivity contribution is 1.26. The number of pyridine rings is 1. The highest BCUT2D eigenvalue weighted by atomic mass is 79.9. The number of benzene rings is 1. The summed E-state index contributed by atoms with van der Waals surface area (Å²) in [6.45, 7) is 2.02. The summed E-state index contributed by atoms with van der Waals surface area (Å²) in [6.07, 6.45) is 1.75. The molecule has 13 heavy (non-hydrogen) atoms. The minimum atomic E-state index is -0.0648. The minimum Gasteiger partial charge on any atom is -0.328 e. The smallest absolute Gasteiger partial charge is 0.248 e. The van der Waals surface area contributed by atoms with Crippen LogP contribution in [0.25, 0.3) is 10.8 Å². The van der Waals surface area contributed by atoms with Crippen molar-refractivity contribution in [3.05, 3.63) is 44.8 Å². The number of hydrogen-bond acceptors (Lipinski definition) is 1. The van der Waals surface area contributed by atoms with Gasteiger partial charge in [-0.3, -0.25) is 4.79 Å². The molecule has 1 aromatic heterocycles. The highest BCUT2D eigenvalue weighted by molar-refractivity contribution is 9.10. The van der Waals surface area contributed by atoms with Crippen LogP contribution in [-0.2, 0) is 0 Å². The average molecular weight is 238 g/mol. The summed E-state index contributed by atoms with van der Waals surface area (Å²) in [4.78, 5) is 13.7. The molecular formula is C10H8BrNO. The first kappa shape index (κ1) is 8.51. The van der Waals surface area contributed by atoms with Crippen LogP contribution in [0.5, 0.6) is 0 Å². The Hall–Kier alpha value is -1.09. The second-order valence-electron chi connectivity index (χ2n) is 3.02. The van der Waals surface area contributed by atoms with Gasteiger partial charge in [0.15, 0.2) is 0 Å². The summed E-state index contributed by atoms with van der Waals surface area (Å²) >= 11 is 3.40. The Balaban J connectivity index is 2.94. The topological polar surface area (TPSA) is 32.9 Å². The van der Waals surface area contributed by atoms with E-state index in [9.17, 15) is 4.79 Å². The van der Waals surface area contributed by atoms with Crippen LogP contribution in [0.4, 0.5) is 0 Å². The number of halogens is 1. The summed E-state index contributed by atoms with van der Waals surface area (Å²) in [5.41, 5.74) is 1.09. The van der Waals surface area contributed by atoms with Gasteiger partial charge in [0.1, 0.15) is 0 Å². The van der Waals surface area contributed by atoms with Crippen molar-refractivity contribution in [2.75, 3.05) is 0 Å². The third-order valence-corrected chi connectivity index (χ3v) is 2.49. The molecule has 66 valence electrons. The number of fused-ring (bicyclic) bond motifs is 1. The van der Waals surface area contributed by atoms with Crippen LogP contribution in [0, 0.1) is 6.92 Å². The van der Waals surface area contributed by atoms with Crippen LogP contribution in [-0.4, -0.2) is 4.98 Å². The van der Waals surface area contributed by atoms with Crippen molar-refractivity contribution in [1.82, 2.24) is 4.98 Å². The lowest BCUT2D eigenvalue weighted by atomic mass is 10.1. The number of H-pyrrole nitrogens is 1. The van der Waals surface area contributed by atoms with E-state index in [1.54, 1.807) is 12.3 Å². The van der Waals surface area contributed by atoms with E-state index in [0.717, 1.165) is 20.8 Å². The first-order chi connectivity index (χ1) is 6.16. The van der Waals surface area contributed by atoms with Crippen molar-refractivity contribution in [1.29, 1.82) is 0 Å². The largest absolute Gasteiger partial charge is 0.328 e. The summed E-state index contributed by atoms with van der Waals surface area (Å²) in [5.74, 6) is 0. The summed E-state index contributed by atoms with van der Waals surface area (Å²) < 4.78 is 1.00. The Morgan fingerprint density at radius 3 is 2.85 bits per heavy atom. The number of hydrogen-bond donors (Lipinski definition) is 1. The Morgan fingerprint density at radius 2 is 2.08 bits per heavy atom. The van der Waals surface area contributed by atoms with Crippen LogP contribution in [0.15, 0.2) is 33.7 Å². The van der Waals surface area contributed by atoms with Crippen LogP contribution in [0.1, 0.15) is 5.56 Å². The van der Waals surface area contributed by atoms with Crippen LogP contribution in [0.2, 0.25) is 0 Å². The van der Waals surface area contributed by atoms with E-state index in [2.05, 4.69) is 20.9 Å². The molecule has 0 aliphatic heterocycles. The normalized spacial score (nSPS) is 10.6. The van der Waals surface area contributed by atoms with Crippen LogP contribution >= 0.6 is 15.9 Å². The van der Waals surface area contributed by atoms with Crippen molar-refractivity contribution in [3.8, 4) is 0 Å². The maximum Gasteiger partial charge on any atom is 0.248 e. The Kier molecular flexibility index (Phi) is 1.96. The van der Waals surface area contributed by atoms with Gasteiger partial charge in [-0.2, -0.15) is 0 Å². The first-order valence-corrected chi connectivity index (χ1v) is 4.75. The minimum absolute atomic E-state index is 0.0648. The predicted molar refractivity (Wildman–Crippen MR) is 57.0 cm³/mol. The molecule has 1 aromatic carbocycles. The molecule has 0 radical (unpaired) electrons. The molecule has 0 bridgehead atoms. The predicted octanol–water partition coefficient (Wildman–Crippen LogP) is 2.60. The molecule has 1 N–H and O–H groups in total. The molecule has 0 atom stereocenters. The second kappa shape index (κ2) is 3.00. The molecule has 2 aromatic rings. The van der Waals surface area contributed by atoms with Gasteiger partial charge in [-0.05, 0) is 30.0 Å². The molecular weight excluding hydrogens is 230 g/mol. The first-order valence-electron chi connectivity index (χ1n) is 3.95. The van der Waals surface area contributed by atoms with Gasteiger partial charge in [-0.15, -0.1) is 0 Å². The molecule has 0 aliphatic carbocycles. The molecule has 0 saturated heterocycles. The lowest BCUT2D eigenvalue weighted by Crippen LogP contribution is -2.01. The summed E-state index contributed by atoms with van der Waals surface area (Å²) in [5, 5.41) is 2.05. The van der Waals surface area contributed by atoms with E-state index in [1.807, 2.05) is 19.1 Å². The van der Waals surface area contributed by atoms with Gasteiger partial charge in [0.2, 0.25) is 5.56 Å².